The predicted molar refractivity (Wildman–Crippen MR) is 76.4 cm³/mol. The third-order valence-corrected chi connectivity index (χ3v) is 4.27. The van der Waals surface area contributed by atoms with E-state index in [9.17, 15) is 18.0 Å². The molecule has 0 N–H and O–H groups in total. The van der Waals surface area contributed by atoms with E-state index in [2.05, 4.69) is 20.7 Å². The van der Waals surface area contributed by atoms with Crippen LogP contribution in [0.2, 0.25) is 0 Å². The molecule has 0 saturated carbocycles. The topological polar surface area (TPSA) is 29.5 Å². The molecule has 1 saturated heterocycles. The van der Waals surface area contributed by atoms with Gasteiger partial charge in [0.15, 0.2) is 5.75 Å². The minimum absolute atomic E-state index is 0.133. The first-order valence-corrected chi connectivity index (χ1v) is 7.33. The number of ether oxygens (including phenoxy) is 1. The highest BCUT2D eigenvalue weighted by Gasteiger charge is 2.36. The Morgan fingerprint density at radius 3 is 2.62 bits per heavy atom. The molecule has 2 rings (SSSR count). The first kappa shape index (κ1) is 16.1. The Hall–Kier alpha value is -1.24. The summed E-state index contributed by atoms with van der Waals surface area (Å²) in [6.07, 6.45) is -4.43. The summed E-state index contributed by atoms with van der Waals surface area (Å²) in [6, 6.07) is 4.34. The van der Waals surface area contributed by atoms with Gasteiger partial charge >= 0.3 is 6.36 Å². The fourth-order valence-electron chi connectivity index (χ4n) is 2.47. The van der Waals surface area contributed by atoms with Crippen LogP contribution in [-0.4, -0.2) is 24.7 Å². The first-order valence-electron chi connectivity index (χ1n) is 6.53. The summed E-state index contributed by atoms with van der Waals surface area (Å²) in [4.78, 5) is 13.5. The van der Waals surface area contributed by atoms with Crippen molar-refractivity contribution in [1.29, 1.82) is 0 Å². The van der Waals surface area contributed by atoms with Gasteiger partial charge in [-0.05, 0) is 25.1 Å². The van der Waals surface area contributed by atoms with Crippen molar-refractivity contribution in [3.63, 3.8) is 0 Å². The van der Waals surface area contributed by atoms with Crippen LogP contribution in [0.15, 0.2) is 22.7 Å². The molecule has 0 amide bonds. The van der Waals surface area contributed by atoms with Gasteiger partial charge in [-0.15, -0.1) is 13.2 Å². The second-order valence-corrected chi connectivity index (χ2v) is 6.01. The zero-order chi connectivity index (χ0) is 15.8. The van der Waals surface area contributed by atoms with Crippen molar-refractivity contribution in [2.24, 2.45) is 5.92 Å². The molecule has 1 fully saturated rings. The van der Waals surface area contributed by atoms with Gasteiger partial charge in [-0.2, -0.15) is 0 Å². The van der Waals surface area contributed by atoms with Crippen LogP contribution in [0.1, 0.15) is 20.3 Å². The number of halogens is 4. The van der Waals surface area contributed by atoms with Crippen molar-refractivity contribution < 1.29 is 22.7 Å². The Bertz CT molecular complexity index is 548. The average molecular weight is 366 g/mol. The van der Waals surface area contributed by atoms with Gasteiger partial charge in [-0.1, -0.05) is 22.9 Å². The lowest BCUT2D eigenvalue weighted by Crippen LogP contribution is -2.47. The molecule has 0 spiro atoms. The maximum Gasteiger partial charge on any atom is 0.573 e. The van der Waals surface area contributed by atoms with Crippen molar-refractivity contribution in [3.05, 3.63) is 22.7 Å². The lowest BCUT2D eigenvalue weighted by atomic mass is 9.90. The number of nitrogens with zero attached hydrogens (tertiary/aromatic N) is 1. The van der Waals surface area contributed by atoms with Crippen LogP contribution in [-0.2, 0) is 4.79 Å². The van der Waals surface area contributed by atoms with Crippen molar-refractivity contribution >= 4 is 27.4 Å². The molecule has 7 heteroatoms. The van der Waals surface area contributed by atoms with E-state index < -0.39 is 6.36 Å². The fraction of sp³-hybridized carbons (Fsp3) is 0.500. The molecule has 1 aliphatic rings. The number of hydrogen-bond donors (Lipinski definition) is 0. The molecule has 1 aromatic carbocycles. The normalized spacial score (nSPS) is 23.3. The molecule has 0 radical (unpaired) electrons. The number of carbonyl (C=O) groups excluding carboxylic acids is 1. The molecular formula is C14H15BrF3NO2. The van der Waals surface area contributed by atoms with E-state index in [0.29, 0.717) is 23.1 Å². The van der Waals surface area contributed by atoms with E-state index in [-0.39, 0.29) is 23.5 Å². The summed E-state index contributed by atoms with van der Waals surface area (Å²) in [6.45, 7) is 4.02. The Balaban J connectivity index is 2.37. The molecule has 0 aliphatic carbocycles. The molecule has 116 valence electrons. The number of rotatable bonds is 2. The molecule has 0 bridgehead atoms. The summed E-state index contributed by atoms with van der Waals surface area (Å²) in [5.74, 6) is -0.347. The lowest BCUT2D eigenvalue weighted by molar-refractivity contribution is -0.274. The first-order chi connectivity index (χ1) is 9.69. The number of benzene rings is 1. The van der Waals surface area contributed by atoms with Crippen LogP contribution in [0, 0.1) is 5.92 Å². The van der Waals surface area contributed by atoms with Crippen molar-refractivity contribution in [2.75, 3.05) is 11.4 Å². The molecule has 1 aliphatic heterocycles. The number of Topliss-reactive ketones (excluding diaryl/α,β-unsaturated/α-hetero) is 1. The Morgan fingerprint density at radius 1 is 1.33 bits per heavy atom. The minimum Gasteiger partial charge on any atom is -0.404 e. The second-order valence-electron chi connectivity index (χ2n) is 5.10. The van der Waals surface area contributed by atoms with Gasteiger partial charge in [0.1, 0.15) is 5.78 Å². The summed E-state index contributed by atoms with van der Waals surface area (Å²) in [5, 5.41) is 0. The average Bonchev–Trinajstić information content (AvgIpc) is 2.36. The number of alkyl halides is 3. The third-order valence-electron chi connectivity index (χ3n) is 3.78. The summed E-state index contributed by atoms with van der Waals surface area (Å²) >= 11 is 3.14. The fourth-order valence-corrected chi connectivity index (χ4v) is 2.81. The van der Waals surface area contributed by atoms with Crippen molar-refractivity contribution in [3.8, 4) is 5.75 Å². The third kappa shape index (κ3) is 3.70. The lowest BCUT2D eigenvalue weighted by Gasteiger charge is -2.39. The number of anilines is 1. The van der Waals surface area contributed by atoms with Gasteiger partial charge < -0.3 is 9.64 Å². The Labute approximate surface area is 129 Å². The van der Waals surface area contributed by atoms with Gasteiger partial charge in [0.25, 0.3) is 0 Å². The van der Waals surface area contributed by atoms with Crippen LogP contribution < -0.4 is 9.64 Å². The molecule has 3 nitrogen and oxygen atoms in total. The highest BCUT2D eigenvalue weighted by molar-refractivity contribution is 9.10. The monoisotopic (exact) mass is 365 g/mol. The van der Waals surface area contributed by atoms with Gasteiger partial charge in [0.05, 0.1) is 5.69 Å². The zero-order valence-electron chi connectivity index (χ0n) is 11.6. The van der Waals surface area contributed by atoms with Crippen LogP contribution in [0.3, 0.4) is 0 Å². The highest BCUT2D eigenvalue weighted by Crippen LogP contribution is 2.38. The number of hydrogen-bond acceptors (Lipinski definition) is 3. The Morgan fingerprint density at radius 2 is 2.00 bits per heavy atom. The predicted octanol–water partition coefficient (Wildman–Crippen LogP) is 4.15. The van der Waals surface area contributed by atoms with E-state index in [1.54, 1.807) is 24.0 Å². The highest BCUT2D eigenvalue weighted by atomic mass is 79.9. The van der Waals surface area contributed by atoms with E-state index in [1.165, 1.54) is 6.07 Å². The van der Waals surface area contributed by atoms with Gasteiger partial charge in [0.2, 0.25) is 0 Å². The maximum absolute atomic E-state index is 12.5. The van der Waals surface area contributed by atoms with Crippen molar-refractivity contribution in [1.82, 2.24) is 0 Å². The maximum atomic E-state index is 12.5. The van der Waals surface area contributed by atoms with Crippen LogP contribution >= 0.6 is 15.9 Å². The Kier molecular flexibility index (Phi) is 4.51. The van der Waals surface area contributed by atoms with Gasteiger partial charge in [-0.3, -0.25) is 4.79 Å². The van der Waals surface area contributed by atoms with E-state index in [4.69, 9.17) is 0 Å². The van der Waals surface area contributed by atoms with E-state index in [1.807, 2.05) is 6.92 Å². The molecule has 1 heterocycles. The molecular weight excluding hydrogens is 351 g/mol. The van der Waals surface area contributed by atoms with Crippen LogP contribution in [0.4, 0.5) is 18.9 Å². The molecule has 21 heavy (non-hydrogen) atoms. The molecule has 2 atom stereocenters. The molecule has 0 aromatic heterocycles. The zero-order valence-corrected chi connectivity index (χ0v) is 13.2. The molecule has 1 aromatic rings. The second kappa shape index (κ2) is 5.87. The SMILES string of the molecule is CC1C(=O)CCN(c2ccc(Br)cc2OC(F)(F)F)C1C. The van der Waals surface area contributed by atoms with Crippen LogP contribution in [0.5, 0.6) is 5.75 Å². The number of carbonyl (C=O) groups is 1. The van der Waals surface area contributed by atoms with E-state index >= 15 is 0 Å². The number of ketones is 1. The van der Waals surface area contributed by atoms with E-state index in [0.717, 1.165) is 0 Å². The standard InChI is InChI=1S/C14H15BrF3NO2/c1-8-9(2)19(6-5-12(8)20)11-4-3-10(15)7-13(11)21-14(16,17)18/h3-4,7-9H,5-6H2,1-2H3. The summed E-state index contributed by atoms with van der Waals surface area (Å²) in [7, 11) is 0. The van der Waals surface area contributed by atoms with Gasteiger partial charge in [-0.25, -0.2) is 0 Å². The quantitative estimate of drug-likeness (QED) is 0.788. The summed E-state index contributed by atoms with van der Waals surface area (Å²) in [5.41, 5.74) is 0.349. The van der Waals surface area contributed by atoms with Gasteiger partial charge in [0, 0.05) is 29.4 Å². The largest absolute Gasteiger partial charge is 0.573 e. The van der Waals surface area contributed by atoms with Crippen molar-refractivity contribution in [2.45, 2.75) is 32.7 Å². The van der Waals surface area contributed by atoms with Crippen LogP contribution in [0.25, 0.3) is 0 Å². The minimum atomic E-state index is -4.75. The molecule has 2 unspecified atom stereocenters. The number of piperidine rings is 1. The smallest absolute Gasteiger partial charge is 0.404 e. The summed E-state index contributed by atoms with van der Waals surface area (Å²) < 4.78 is 42.3.